The molecular weight excluding hydrogens is 328 g/mol. The average molecular weight is 353 g/mol. The molecule has 1 aromatic carbocycles. The number of carbonyl (C=O) groups is 1. The Hall–Kier alpha value is -1.50. The first-order chi connectivity index (χ1) is 11.6. The molecule has 0 saturated carbocycles. The topological polar surface area (TPSA) is 48.1 Å². The molecule has 6 nitrogen and oxygen atoms in total. The minimum absolute atomic E-state index is 0.0102. The average Bonchev–Trinajstić information content (AvgIpc) is 2.62. The molecule has 1 amide bonds. The van der Waals surface area contributed by atoms with Crippen LogP contribution in [0.1, 0.15) is 10.4 Å². The van der Waals surface area contributed by atoms with Gasteiger partial charge in [-0.05, 0) is 19.2 Å². The highest BCUT2D eigenvalue weighted by molar-refractivity contribution is 6.34. The van der Waals surface area contributed by atoms with Gasteiger partial charge in [0.2, 0.25) is 0 Å². The molecule has 0 unspecified atom stereocenters. The summed E-state index contributed by atoms with van der Waals surface area (Å²) in [5.41, 5.74) is 1.40. The lowest BCUT2D eigenvalue weighted by atomic mass is 10.1. The number of ether oxygens (including phenoxy) is 1. The summed E-state index contributed by atoms with van der Waals surface area (Å²) in [6.07, 6.45) is 0. The van der Waals surface area contributed by atoms with Gasteiger partial charge in [0.25, 0.3) is 5.91 Å². The van der Waals surface area contributed by atoms with Gasteiger partial charge in [0, 0.05) is 52.4 Å². The van der Waals surface area contributed by atoms with Crippen LogP contribution in [0.3, 0.4) is 0 Å². The van der Waals surface area contributed by atoms with E-state index in [1.807, 2.05) is 11.0 Å². The molecule has 3 rings (SSSR count). The molecule has 2 heterocycles. The van der Waals surface area contributed by atoms with Crippen LogP contribution < -0.4 is 15.0 Å². The molecule has 0 aromatic heterocycles. The van der Waals surface area contributed by atoms with Crippen molar-refractivity contribution >= 4 is 23.2 Å². The highest BCUT2D eigenvalue weighted by Gasteiger charge is 2.29. The molecule has 2 fully saturated rings. The molecule has 2 aliphatic rings. The maximum atomic E-state index is 13.2. The maximum absolute atomic E-state index is 13.2. The Kier molecular flexibility index (Phi) is 5.48. The Bertz CT molecular complexity index is 596. The van der Waals surface area contributed by atoms with Crippen molar-refractivity contribution in [3.05, 3.63) is 22.7 Å². The number of benzene rings is 1. The van der Waals surface area contributed by atoms with Gasteiger partial charge in [0.1, 0.15) is 11.3 Å². The van der Waals surface area contributed by atoms with Crippen molar-refractivity contribution in [1.82, 2.24) is 15.1 Å². The van der Waals surface area contributed by atoms with Crippen LogP contribution in [0.25, 0.3) is 0 Å². The SMILES string of the molecule is COc1ccc(Cl)c(N2CCNCC2)c1C(=O)N1CCN(C)CC1. The van der Waals surface area contributed by atoms with Crippen LogP contribution in [-0.2, 0) is 0 Å². The van der Waals surface area contributed by atoms with E-state index in [0.717, 1.165) is 58.0 Å². The zero-order chi connectivity index (χ0) is 17.1. The van der Waals surface area contributed by atoms with E-state index in [4.69, 9.17) is 16.3 Å². The van der Waals surface area contributed by atoms with Crippen molar-refractivity contribution < 1.29 is 9.53 Å². The highest BCUT2D eigenvalue weighted by atomic mass is 35.5. The predicted octanol–water partition coefficient (Wildman–Crippen LogP) is 1.15. The van der Waals surface area contributed by atoms with Crippen LogP contribution in [0, 0.1) is 0 Å². The number of halogens is 1. The Labute approximate surface area is 148 Å². The minimum atomic E-state index is 0.0102. The number of carbonyl (C=O) groups excluding carboxylic acids is 1. The molecule has 0 bridgehead atoms. The van der Waals surface area contributed by atoms with E-state index in [1.165, 1.54) is 0 Å². The molecule has 2 aliphatic heterocycles. The van der Waals surface area contributed by atoms with Gasteiger partial charge in [0.05, 0.1) is 17.8 Å². The summed E-state index contributed by atoms with van der Waals surface area (Å²) in [6, 6.07) is 3.61. The summed E-state index contributed by atoms with van der Waals surface area (Å²) in [6.45, 7) is 6.66. The molecule has 1 N–H and O–H groups in total. The summed E-state index contributed by atoms with van der Waals surface area (Å²) < 4.78 is 5.51. The van der Waals surface area contributed by atoms with Crippen LogP contribution in [0.4, 0.5) is 5.69 Å². The fourth-order valence-corrected chi connectivity index (χ4v) is 3.57. The summed E-state index contributed by atoms with van der Waals surface area (Å²) in [4.78, 5) is 19.5. The second kappa shape index (κ2) is 7.59. The first-order valence-electron chi connectivity index (χ1n) is 8.42. The first kappa shape index (κ1) is 17.3. The largest absolute Gasteiger partial charge is 0.496 e. The molecule has 0 spiro atoms. The molecular formula is C17H25ClN4O2. The van der Waals surface area contributed by atoms with Gasteiger partial charge >= 0.3 is 0 Å². The normalized spacial score (nSPS) is 19.5. The lowest BCUT2D eigenvalue weighted by Crippen LogP contribution is -2.48. The van der Waals surface area contributed by atoms with Crippen molar-refractivity contribution in [3.8, 4) is 5.75 Å². The molecule has 132 valence electrons. The van der Waals surface area contributed by atoms with Gasteiger partial charge in [-0.2, -0.15) is 0 Å². The Morgan fingerprint density at radius 2 is 1.79 bits per heavy atom. The second-order valence-corrected chi connectivity index (χ2v) is 6.71. The van der Waals surface area contributed by atoms with Crippen LogP contribution in [-0.4, -0.2) is 82.2 Å². The number of hydrogen-bond donors (Lipinski definition) is 1. The molecule has 24 heavy (non-hydrogen) atoms. The quantitative estimate of drug-likeness (QED) is 0.884. The van der Waals surface area contributed by atoms with E-state index >= 15 is 0 Å². The zero-order valence-corrected chi connectivity index (χ0v) is 15.1. The summed E-state index contributed by atoms with van der Waals surface area (Å²) in [7, 11) is 3.68. The third-order valence-electron chi connectivity index (χ3n) is 4.75. The number of nitrogens with one attached hydrogen (secondary N) is 1. The van der Waals surface area contributed by atoms with Crippen molar-refractivity contribution in [2.45, 2.75) is 0 Å². The van der Waals surface area contributed by atoms with E-state index in [9.17, 15) is 4.79 Å². The summed E-state index contributed by atoms with van der Waals surface area (Å²) in [5.74, 6) is 0.604. The Morgan fingerprint density at radius 1 is 1.12 bits per heavy atom. The van der Waals surface area contributed by atoms with E-state index in [-0.39, 0.29) is 5.91 Å². The predicted molar refractivity (Wildman–Crippen MR) is 96.5 cm³/mol. The number of nitrogens with zero attached hydrogens (tertiary/aromatic N) is 3. The fourth-order valence-electron chi connectivity index (χ4n) is 3.29. The standard InChI is InChI=1S/C17H25ClN4O2/c1-20-9-11-22(12-10-20)17(23)15-14(24-2)4-3-13(18)16(15)21-7-5-19-6-8-21/h3-4,19H,5-12H2,1-2H3. The number of piperazine rings is 2. The molecule has 0 radical (unpaired) electrons. The third kappa shape index (κ3) is 3.45. The van der Waals surface area contributed by atoms with Crippen LogP contribution in [0.5, 0.6) is 5.75 Å². The van der Waals surface area contributed by atoms with Crippen LogP contribution in [0.15, 0.2) is 12.1 Å². The van der Waals surface area contributed by atoms with Gasteiger partial charge < -0.3 is 24.8 Å². The van der Waals surface area contributed by atoms with Gasteiger partial charge in [-0.3, -0.25) is 4.79 Å². The number of hydrogen-bond acceptors (Lipinski definition) is 5. The molecule has 0 aliphatic carbocycles. The van der Waals surface area contributed by atoms with Crippen LogP contribution >= 0.6 is 11.6 Å². The van der Waals surface area contributed by atoms with Crippen molar-refractivity contribution in [2.24, 2.45) is 0 Å². The van der Waals surface area contributed by atoms with Crippen LogP contribution in [0.2, 0.25) is 5.02 Å². The molecule has 7 heteroatoms. The van der Waals surface area contributed by atoms with E-state index in [2.05, 4.69) is 22.2 Å². The van der Waals surface area contributed by atoms with E-state index in [1.54, 1.807) is 13.2 Å². The van der Waals surface area contributed by atoms with Gasteiger partial charge in [-0.25, -0.2) is 0 Å². The van der Waals surface area contributed by atoms with Crippen molar-refractivity contribution in [2.75, 3.05) is 71.4 Å². The summed E-state index contributed by atoms with van der Waals surface area (Å²) in [5, 5.41) is 3.94. The van der Waals surface area contributed by atoms with Gasteiger partial charge in [-0.15, -0.1) is 0 Å². The highest BCUT2D eigenvalue weighted by Crippen LogP contribution is 2.37. The first-order valence-corrected chi connectivity index (χ1v) is 8.79. The molecule has 0 atom stereocenters. The van der Waals surface area contributed by atoms with E-state index in [0.29, 0.717) is 16.3 Å². The zero-order valence-electron chi connectivity index (χ0n) is 14.3. The Morgan fingerprint density at radius 3 is 2.42 bits per heavy atom. The number of rotatable bonds is 3. The minimum Gasteiger partial charge on any atom is -0.496 e. The monoisotopic (exact) mass is 352 g/mol. The van der Waals surface area contributed by atoms with Gasteiger partial charge in [0.15, 0.2) is 0 Å². The fraction of sp³-hybridized carbons (Fsp3) is 0.588. The second-order valence-electron chi connectivity index (χ2n) is 6.31. The molecule has 2 saturated heterocycles. The molecule has 1 aromatic rings. The number of anilines is 1. The third-order valence-corrected chi connectivity index (χ3v) is 5.05. The smallest absolute Gasteiger partial charge is 0.259 e. The number of likely N-dealkylation sites (N-methyl/N-ethyl adjacent to an activating group) is 1. The Balaban J connectivity index is 1.97. The lowest BCUT2D eigenvalue weighted by molar-refractivity contribution is 0.0661. The summed E-state index contributed by atoms with van der Waals surface area (Å²) >= 11 is 6.50. The maximum Gasteiger partial charge on any atom is 0.259 e. The number of amides is 1. The van der Waals surface area contributed by atoms with Crippen molar-refractivity contribution in [3.63, 3.8) is 0 Å². The van der Waals surface area contributed by atoms with Gasteiger partial charge in [-0.1, -0.05) is 11.6 Å². The number of methoxy groups -OCH3 is 1. The lowest BCUT2D eigenvalue weighted by Gasteiger charge is -2.35. The van der Waals surface area contributed by atoms with E-state index < -0.39 is 0 Å². The van der Waals surface area contributed by atoms with Crippen molar-refractivity contribution in [1.29, 1.82) is 0 Å².